The Bertz CT molecular complexity index is 476. The third kappa shape index (κ3) is 4.09. The lowest BCUT2D eigenvalue weighted by Gasteiger charge is -2.04. The Hall–Kier alpha value is -1.45. The van der Waals surface area contributed by atoms with E-state index in [4.69, 9.17) is 27.9 Å². The normalized spacial score (nSPS) is 12.2. The highest BCUT2D eigenvalue weighted by Crippen LogP contribution is 2.21. The number of benzene rings is 1. The second-order valence-electron chi connectivity index (χ2n) is 3.30. The summed E-state index contributed by atoms with van der Waals surface area (Å²) in [6.07, 6.45) is 2.86. The van der Waals surface area contributed by atoms with Crippen LogP contribution in [0.25, 0.3) is 6.08 Å². The SMILES string of the molecule is CO/C=C(C(=O)OC)\C(Cl)=C/c1ccc(Cl)cc1. The Balaban J connectivity index is 3.02. The minimum Gasteiger partial charge on any atom is -0.503 e. The Morgan fingerprint density at radius 2 is 1.83 bits per heavy atom. The van der Waals surface area contributed by atoms with E-state index in [1.807, 2.05) is 0 Å². The van der Waals surface area contributed by atoms with Gasteiger partial charge in [-0.3, -0.25) is 0 Å². The number of hydrogen-bond donors (Lipinski definition) is 0. The van der Waals surface area contributed by atoms with Gasteiger partial charge in [-0.05, 0) is 23.8 Å². The van der Waals surface area contributed by atoms with Crippen LogP contribution in [0.1, 0.15) is 5.56 Å². The van der Waals surface area contributed by atoms with Crippen LogP contribution in [0.5, 0.6) is 0 Å². The summed E-state index contributed by atoms with van der Waals surface area (Å²) >= 11 is 11.8. The fourth-order valence-electron chi connectivity index (χ4n) is 1.21. The van der Waals surface area contributed by atoms with Gasteiger partial charge in [-0.15, -0.1) is 0 Å². The van der Waals surface area contributed by atoms with E-state index < -0.39 is 5.97 Å². The first-order valence-corrected chi connectivity index (χ1v) is 5.78. The molecule has 0 heterocycles. The number of carbonyl (C=O) groups excluding carboxylic acids is 1. The summed E-state index contributed by atoms with van der Waals surface area (Å²) in [7, 11) is 2.70. The third-order valence-electron chi connectivity index (χ3n) is 2.06. The summed E-state index contributed by atoms with van der Waals surface area (Å²) in [4.78, 5) is 11.5. The molecule has 0 saturated carbocycles. The van der Waals surface area contributed by atoms with Gasteiger partial charge in [0.15, 0.2) is 0 Å². The van der Waals surface area contributed by atoms with Crippen LogP contribution in [0.3, 0.4) is 0 Å². The minimum atomic E-state index is -0.563. The number of carbonyl (C=O) groups is 1. The molecule has 0 unspecified atom stereocenters. The van der Waals surface area contributed by atoms with Crippen molar-refractivity contribution in [2.45, 2.75) is 0 Å². The highest BCUT2D eigenvalue weighted by atomic mass is 35.5. The lowest BCUT2D eigenvalue weighted by atomic mass is 10.1. The molecule has 1 rings (SSSR count). The highest BCUT2D eigenvalue weighted by molar-refractivity contribution is 6.37. The third-order valence-corrected chi connectivity index (χ3v) is 2.63. The van der Waals surface area contributed by atoms with Gasteiger partial charge in [0.1, 0.15) is 5.57 Å². The molecule has 0 amide bonds. The molecule has 5 heteroatoms. The van der Waals surface area contributed by atoms with Gasteiger partial charge in [0.2, 0.25) is 0 Å². The van der Waals surface area contributed by atoms with E-state index in [0.717, 1.165) is 5.56 Å². The minimum absolute atomic E-state index is 0.150. The molecule has 0 saturated heterocycles. The van der Waals surface area contributed by atoms with Crippen LogP contribution in [0, 0.1) is 0 Å². The molecular formula is C13H12Cl2O3. The monoisotopic (exact) mass is 286 g/mol. The van der Waals surface area contributed by atoms with Gasteiger partial charge in [-0.1, -0.05) is 35.3 Å². The zero-order valence-corrected chi connectivity index (χ0v) is 11.5. The van der Waals surface area contributed by atoms with E-state index in [9.17, 15) is 4.79 Å². The lowest BCUT2D eigenvalue weighted by molar-refractivity contribution is -0.135. The summed E-state index contributed by atoms with van der Waals surface area (Å²) in [6, 6.07) is 7.03. The molecule has 0 fully saturated rings. The first kappa shape index (κ1) is 14.6. The lowest BCUT2D eigenvalue weighted by Crippen LogP contribution is -2.05. The van der Waals surface area contributed by atoms with Gasteiger partial charge in [0.25, 0.3) is 0 Å². The van der Waals surface area contributed by atoms with Gasteiger partial charge in [0.05, 0.1) is 25.5 Å². The zero-order chi connectivity index (χ0) is 13.5. The van der Waals surface area contributed by atoms with Gasteiger partial charge >= 0.3 is 5.97 Å². The Labute approximate surface area is 116 Å². The molecule has 0 aliphatic rings. The largest absolute Gasteiger partial charge is 0.503 e. The molecule has 96 valence electrons. The van der Waals surface area contributed by atoms with Crippen LogP contribution in [0.2, 0.25) is 5.02 Å². The van der Waals surface area contributed by atoms with E-state index in [2.05, 4.69) is 4.74 Å². The van der Waals surface area contributed by atoms with Crippen LogP contribution in [0.15, 0.2) is 41.1 Å². The maximum absolute atomic E-state index is 11.5. The molecule has 18 heavy (non-hydrogen) atoms. The van der Waals surface area contributed by atoms with Crippen LogP contribution >= 0.6 is 23.2 Å². The molecule has 0 aromatic heterocycles. The predicted molar refractivity (Wildman–Crippen MR) is 72.4 cm³/mol. The van der Waals surface area contributed by atoms with E-state index in [0.29, 0.717) is 5.02 Å². The first-order valence-electron chi connectivity index (χ1n) is 5.03. The molecule has 0 aliphatic carbocycles. The molecule has 0 radical (unpaired) electrons. The van der Waals surface area contributed by atoms with Crippen molar-refractivity contribution in [3.05, 3.63) is 51.7 Å². The molecule has 0 atom stereocenters. The molecule has 0 bridgehead atoms. The van der Waals surface area contributed by atoms with Crippen LogP contribution in [0.4, 0.5) is 0 Å². The van der Waals surface area contributed by atoms with Gasteiger partial charge in [-0.2, -0.15) is 0 Å². The summed E-state index contributed by atoms with van der Waals surface area (Å²) in [6.45, 7) is 0. The first-order chi connectivity index (χ1) is 8.58. The molecule has 0 aliphatic heterocycles. The topological polar surface area (TPSA) is 35.5 Å². The molecular weight excluding hydrogens is 275 g/mol. The van der Waals surface area contributed by atoms with Gasteiger partial charge in [0, 0.05) is 5.02 Å². The molecule has 0 N–H and O–H groups in total. The number of methoxy groups -OCH3 is 2. The second-order valence-corrected chi connectivity index (χ2v) is 4.15. The maximum Gasteiger partial charge on any atom is 0.342 e. The quantitative estimate of drug-likeness (QED) is 0.367. The second kappa shape index (κ2) is 7.09. The number of ether oxygens (including phenoxy) is 2. The number of rotatable bonds is 4. The predicted octanol–water partition coefficient (Wildman–Crippen LogP) is 3.62. The molecule has 3 nitrogen and oxygen atoms in total. The van der Waals surface area contributed by atoms with Gasteiger partial charge in [-0.25, -0.2) is 4.79 Å². The van der Waals surface area contributed by atoms with Crippen molar-refractivity contribution in [2.75, 3.05) is 14.2 Å². The fraction of sp³-hybridized carbons (Fsp3) is 0.154. The standard InChI is InChI=1S/C13H12Cl2O3/c1-17-8-11(13(16)18-2)12(15)7-9-3-5-10(14)6-4-9/h3-8H,1-2H3/b11-8+,12-7+. The maximum atomic E-state index is 11.5. The summed E-state index contributed by atoms with van der Waals surface area (Å²) in [5.74, 6) is -0.563. The van der Waals surface area contributed by atoms with Crippen molar-refractivity contribution in [1.29, 1.82) is 0 Å². The molecule has 1 aromatic carbocycles. The van der Waals surface area contributed by atoms with Crippen LogP contribution in [-0.2, 0) is 14.3 Å². The number of hydrogen-bond acceptors (Lipinski definition) is 3. The Morgan fingerprint density at radius 1 is 1.22 bits per heavy atom. The van der Waals surface area contributed by atoms with Crippen molar-refractivity contribution < 1.29 is 14.3 Å². The average molecular weight is 287 g/mol. The van der Waals surface area contributed by atoms with Crippen molar-refractivity contribution in [3.63, 3.8) is 0 Å². The average Bonchev–Trinajstić information content (AvgIpc) is 2.37. The van der Waals surface area contributed by atoms with Crippen molar-refractivity contribution in [1.82, 2.24) is 0 Å². The van der Waals surface area contributed by atoms with Gasteiger partial charge < -0.3 is 9.47 Å². The number of halogens is 2. The van der Waals surface area contributed by atoms with Crippen molar-refractivity contribution in [3.8, 4) is 0 Å². The van der Waals surface area contributed by atoms with Crippen molar-refractivity contribution in [2.24, 2.45) is 0 Å². The smallest absolute Gasteiger partial charge is 0.342 e. The van der Waals surface area contributed by atoms with Crippen LogP contribution in [-0.4, -0.2) is 20.2 Å². The molecule has 0 spiro atoms. The Kier molecular flexibility index (Phi) is 5.75. The van der Waals surface area contributed by atoms with E-state index in [-0.39, 0.29) is 10.6 Å². The van der Waals surface area contributed by atoms with E-state index >= 15 is 0 Å². The van der Waals surface area contributed by atoms with E-state index in [1.165, 1.54) is 20.5 Å². The fourth-order valence-corrected chi connectivity index (χ4v) is 1.59. The summed E-state index contributed by atoms with van der Waals surface area (Å²) < 4.78 is 9.40. The summed E-state index contributed by atoms with van der Waals surface area (Å²) in [5, 5.41) is 0.856. The highest BCUT2D eigenvalue weighted by Gasteiger charge is 2.14. The van der Waals surface area contributed by atoms with E-state index in [1.54, 1.807) is 30.3 Å². The zero-order valence-electron chi connectivity index (χ0n) is 9.94. The van der Waals surface area contributed by atoms with Crippen LogP contribution < -0.4 is 0 Å². The van der Waals surface area contributed by atoms with Crippen molar-refractivity contribution >= 4 is 35.2 Å². The molecule has 1 aromatic rings. The summed E-state index contributed by atoms with van der Waals surface area (Å²) in [5.41, 5.74) is 0.965. The Morgan fingerprint density at radius 3 is 2.33 bits per heavy atom. The number of esters is 1.